The molecule has 1 aliphatic rings. The maximum Gasteiger partial charge on any atom is 0.267 e. The Morgan fingerprint density at radius 2 is 1.89 bits per heavy atom. The fourth-order valence-corrected chi connectivity index (χ4v) is 3.66. The summed E-state index contributed by atoms with van der Waals surface area (Å²) >= 11 is 0. The van der Waals surface area contributed by atoms with Gasteiger partial charge in [0.25, 0.3) is 5.56 Å². The van der Waals surface area contributed by atoms with E-state index < -0.39 is 0 Å². The van der Waals surface area contributed by atoms with Gasteiger partial charge in [-0.2, -0.15) is 5.10 Å². The van der Waals surface area contributed by atoms with Crippen LogP contribution in [0.1, 0.15) is 38.7 Å². The molecule has 1 aromatic heterocycles. The number of rotatable bonds is 5. The van der Waals surface area contributed by atoms with Gasteiger partial charge in [0.2, 0.25) is 5.91 Å². The second kappa shape index (κ2) is 8.51. The molecule has 1 aromatic carbocycles. The van der Waals surface area contributed by atoms with Gasteiger partial charge in [-0.1, -0.05) is 44.2 Å². The van der Waals surface area contributed by atoms with Gasteiger partial charge in [-0.05, 0) is 37.7 Å². The van der Waals surface area contributed by atoms with Crippen LogP contribution in [-0.2, 0) is 11.3 Å². The lowest BCUT2D eigenvalue weighted by Gasteiger charge is -2.33. The summed E-state index contributed by atoms with van der Waals surface area (Å²) in [6.07, 6.45) is 2.72. The van der Waals surface area contributed by atoms with Crippen LogP contribution >= 0.6 is 0 Å². The van der Waals surface area contributed by atoms with Gasteiger partial charge in [0.1, 0.15) is 0 Å². The number of piperidine rings is 1. The van der Waals surface area contributed by atoms with Gasteiger partial charge in [0.05, 0.1) is 5.69 Å². The number of aryl methyl sites for hydroxylation is 1. The minimum absolute atomic E-state index is 0.0507. The highest BCUT2D eigenvalue weighted by atomic mass is 16.2. The normalized spacial score (nSPS) is 16.3. The Hall–Kier alpha value is -2.43. The summed E-state index contributed by atoms with van der Waals surface area (Å²) in [7, 11) is 0. The van der Waals surface area contributed by atoms with E-state index in [4.69, 9.17) is 0 Å². The Kier molecular flexibility index (Phi) is 6.09. The van der Waals surface area contributed by atoms with Crippen LogP contribution < -0.4 is 5.56 Å². The minimum atomic E-state index is -0.0507. The highest BCUT2D eigenvalue weighted by molar-refractivity contribution is 5.78. The monoisotopic (exact) mass is 367 g/mol. The largest absolute Gasteiger partial charge is 0.342 e. The number of aromatic nitrogens is 2. The number of nitrogens with zero attached hydrogens (tertiary/aromatic N) is 3. The Balaban J connectivity index is 1.70. The molecule has 1 amide bonds. The summed E-state index contributed by atoms with van der Waals surface area (Å²) in [6, 6.07) is 11.7. The van der Waals surface area contributed by atoms with Crippen LogP contribution in [0.25, 0.3) is 11.3 Å². The topological polar surface area (TPSA) is 55.2 Å². The first-order valence-corrected chi connectivity index (χ1v) is 9.92. The maximum absolute atomic E-state index is 12.4. The van der Waals surface area contributed by atoms with Crippen molar-refractivity contribution in [1.29, 1.82) is 0 Å². The van der Waals surface area contributed by atoms with Crippen molar-refractivity contribution in [3.8, 4) is 11.3 Å². The standard InChI is InChI=1S/C22H29N3O2/c1-4-16(2)22(27)24-12-10-18(11-13-24)15-25-20(26)14-17(3)21(23-25)19-8-6-5-7-9-19/h5-9,14,16,18H,4,10-13,15H2,1-3H3. The molecule has 2 heterocycles. The van der Waals surface area contributed by atoms with Gasteiger partial charge in [-0.3, -0.25) is 9.59 Å². The molecule has 1 unspecified atom stereocenters. The molecule has 0 radical (unpaired) electrons. The first kappa shape index (κ1) is 19.3. The summed E-state index contributed by atoms with van der Waals surface area (Å²) in [5.41, 5.74) is 2.74. The van der Waals surface area contributed by atoms with Gasteiger partial charge in [0, 0.05) is 37.2 Å². The van der Waals surface area contributed by atoms with Crippen molar-refractivity contribution in [2.24, 2.45) is 11.8 Å². The van der Waals surface area contributed by atoms with Crippen molar-refractivity contribution in [3.05, 3.63) is 52.3 Å². The summed E-state index contributed by atoms with van der Waals surface area (Å²) in [4.78, 5) is 26.8. The number of carbonyl (C=O) groups excluding carboxylic acids is 1. The van der Waals surface area contributed by atoms with E-state index >= 15 is 0 Å². The zero-order chi connectivity index (χ0) is 19.4. The summed E-state index contributed by atoms with van der Waals surface area (Å²) < 4.78 is 1.60. The van der Waals surface area contributed by atoms with E-state index in [0.29, 0.717) is 12.5 Å². The quantitative estimate of drug-likeness (QED) is 0.813. The fraction of sp³-hybridized carbons (Fsp3) is 0.500. The lowest BCUT2D eigenvalue weighted by atomic mass is 9.95. The molecule has 0 N–H and O–H groups in total. The van der Waals surface area contributed by atoms with Crippen molar-refractivity contribution in [3.63, 3.8) is 0 Å². The van der Waals surface area contributed by atoms with E-state index in [-0.39, 0.29) is 17.4 Å². The zero-order valence-electron chi connectivity index (χ0n) is 16.5. The van der Waals surface area contributed by atoms with Crippen molar-refractivity contribution >= 4 is 5.91 Å². The molecule has 0 bridgehead atoms. The van der Waals surface area contributed by atoms with E-state index in [0.717, 1.165) is 49.2 Å². The zero-order valence-corrected chi connectivity index (χ0v) is 16.5. The molecule has 5 nitrogen and oxygen atoms in total. The van der Waals surface area contributed by atoms with E-state index in [9.17, 15) is 9.59 Å². The third-order valence-electron chi connectivity index (χ3n) is 5.63. The molecule has 1 saturated heterocycles. The van der Waals surface area contributed by atoms with Crippen molar-refractivity contribution in [1.82, 2.24) is 14.7 Å². The number of benzene rings is 1. The van der Waals surface area contributed by atoms with E-state index in [1.807, 2.05) is 49.1 Å². The third-order valence-corrected chi connectivity index (χ3v) is 5.63. The molecule has 27 heavy (non-hydrogen) atoms. The first-order valence-electron chi connectivity index (χ1n) is 9.92. The summed E-state index contributed by atoms with van der Waals surface area (Å²) in [6.45, 7) is 8.15. The average Bonchev–Trinajstić information content (AvgIpc) is 2.70. The lowest BCUT2D eigenvalue weighted by molar-refractivity contribution is -0.136. The van der Waals surface area contributed by atoms with Crippen molar-refractivity contribution < 1.29 is 4.79 Å². The minimum Gasteiger partial charge on any atom is -0.342 e. The van der Waals surface area contributed by atoms with Crippen LogP contribution in [0.3, 0.4) is 0 Å². The van der Waals surface area contributed by atoms with Gasteiger partial charge in [-0.15, -0.1) is 0 Å². The molecule has 2 aromatic rings. The third kappa shape index (κ3) is 4.46. The number of likely N-dealkylation sites (tertiary alicyclic amines) is 1. The predicted octanol–water partition coefficient (Wildman–Crippen LogP) is 3.50. The van der Waals surface area contributed by atoms with Crippen LogP contribution in [-0.4, -0.2) is 33.7 Å². The Labute approximate surface area is 161 Å². The predicted molar refractivity (Wildman–Crippen MR) is 107 cm³/mol. The van der Waals surface area contributed by atoms with E-state index in [2.05, 4.69) is 12.0 Å². The van der Waals surface area contributed by atoms with Gasteiger partial charge in [0.15, 0.2) is 0 Å². The molecule has 1 fully saturated rings. The lowest BCUT2D eigenvalue weighted by Crippen LogP contribution is -2.42. The Morgan fingerprint density at radius 1 is 1.22 bits per heavy atom. The van der Waals surface area contributed by atoms with Crippen LogP contribution in [0.5, 0.6) is 0 Å². The number of amides is 1. The number of hydrogen-bond donors (Lipinski definition) is 0. The first-order chi connectivity index (χ1) is 13.0. The fourth-order valence-electron chi connectivity index (χ4n) is 3.66. The van der Waals surface area contributed by atoms with Crippen LogP contribution in [0.4, 0.5) is 0 Å². The van der Waals surface area contributed by atoms with Gasteiger partial charge >= 0.3 is 0 Å². The highest BCUT2D eigenvalue weighted by Gasteiger charge is 2.26. The van der Waals surface area contributed by atoms with E-state index in [1.165, 1.54) is 0 Å². The smallest absolute Gasteiger partial charge is 0.267 e. The SMILES string of the molecule is CCC(C)C(=O)N1CCC(Cn2nc(-c3ccccc3)c(C)cc2=O)CC1. The molecule has 0 saturated carbocycles. The van der Waals surface area contributed by atoms with E-state index in [1.54, 1.807) is 10.7 Å². The molecule has 5 heteroatoms. The Morgan fingerprint density at radius 3 is 2.52 bits per heavy atom. The number of carbonyl (C=O) groups is 1. The second-order valence-electron chi connectivity index (χ2n) is 7.64. The Bertz CT molecular complexity index is 836. The molecule has 1 atom stereocenters. The second-order valence-corrected chi connectivity index (χ2v) is 7.64. The molecule has 0 spiro atoms. The van der Waals surface area contributed by atoms with Gasteiger partial charge < -0.3 is 4.90 Å². The average molecular weight is 367 g/mol. The molecule has 0 aliphatic carbocycles. The molecule has 144 valence electrons. The molecular weight excluding hydrogens is 338 g/mol. The number of hydrogen-bond acceptors (Lipinski definition) is 3. The van der Waals surface area contributed by atoms with Crippen LogP contribution in [0.2, 0.25) is 0 Å². The summed E-state index contributed by atoms with van der Waals surface area (Å²) in [5.74, 6) is 0.729. The van der Waals surface area contributed by atoms with Crippen LogP contribution in [0.15, 0.2) is 41.2 Å². The summed E-state index contributed by atoms with van der Waals surface area (Å²) in [5, 5.41) is 4.66. The molecule has 3 rings (SSSR count). The maximum atomic E-state index is 12.4. The van der Waals surface area contributed by atoms with Crippen LogP contribution in [0, 0.1) is 18.8 Å². The highest BCUT2D eigenvalue weighted by Crippen LogP contribution is 2.22. The van der Waals surface area contributed by atoms with Crippen molar-refractivity contribution in [2.75, 3.05) is 13.1 Å². The molecule has 1 aliphatic heterocycles. The van der Waals surface area contributed by atoms with Gasteiger partial charge in [-0.25, -0.2) is 4.68 Å². The molecular formula is C22H29N3O2. The van der Waals surface area contributed by atoms with Crippen molar-refractivity contribution in [2.45, 2.75) is 46.6 Å².